The first-order chi connectivity index (χ1) is 14.7. The van der Waals surface area contributed by atoms with Gasteiger partial charge in [0, 0.05) is 7.05 Å². The fourth-order valence-corrected chi connectivity index (χ4v) is 4.03. The molecule has 0 spiro atoms. The summed E-state index contributed by atoms with van der Waals surface area (Å²) in [7, 11) is 3.86. The lowest BCUT2D eigenvalue weighted by atomic mass is 9.79. The van der Waals surface area contributed by atoms with Crippen molar-refractivity contribution < 1.29 is 32.2 Å². The molecule has 2 heterocycles. The number of hydrogen-bond donors (Lipinski definition) is 1. The summed E-state index contributed by atoms with van der Waals surface area (Å²) >= 11 is 0. The van der Waals surface area contributed by atoms with E-state index in [1.807, 2.05) is 0 Å². The molecular formula is C21H18F3N3O4. The van der Waals surface area contributed by atoms with Gasteiger partial charge in [-0.15, -0.1) is 0 Å². The summed E-state index contributed by atoms with van der Waals surface area (Å²) in [6.07, 6.45) is -5.07. The first-order valence-electron chi connectivity index (χ1n) is 9.16. The largest absolute Gasteiger partial charge is 0.497 e. The van der Waals surface area contributed by atoms with E-state index >= 15 is 0 Å². The molecule has 10 heteroatoms. The van der Waals surface area contributed by atoms with Crippen LogP contribution in [-0.4, -0.2) is 39.4 Å². The molecule has 0 saturated heterocycles. The van der Waals surface area contributed by atoms with Gasteiger partial charge in [-0.2, -0.15) is 13.2 Å². The Balaban J connectivity index is 2.09. The second-order valence-corrected chi connectivity index (χ2v) is 6.98. The van der Waals surface area contributed by atoms with E-state index in [0.717, 1.165) is 24.1 Å². The number of ether oxygens (including phenoxy) is 2. The van der Waals surface area contributed by atoms with Crippen molar-refractivity contribution >= 4 is 23.4 Å². The number of halogens is 3. The Morgan fingerprint density at radius 1 is 1.03 bits per heavy atom. The van der Waals surface area contributed by atoms with Crippen molar-refractivity contribution in [1.29, 1.82) is 0 Å². The number of rotatable bonds is 3. The zero-order valence-electron chi connectivity index (χ0n) is 16.8. The third-order valence-corrected chi connectivity index (χ3v) is 5.45. The van der Waals surface area contributed by atoms with Gasteiger partial charge in [0.1, 0.15) is 17.1 Å². The maximum atomic E-state index is 14.8. The van der Waals surface area contributed by atoms with Gasteiger partial charge < -0.3 is 19.7 Å². The number of nitrogens with one attached hydrogen (secondary N) is 1. The van der Waals surface area contributed by atoms with Crippen LogP contribution in [0, 0.1) is 0 Å². The molecule has 0 aromatic heterocycles. The molecule has 0 aliphatic carbocycles. The summed E-state index contributed by atoms with van der Waals surface area (Å²) in [4.78, 5) is 28.4. The SMILES string of the molecule is COC(=O)C1=C2N(C)c3ccccc3N2C(=O)NC1(c1ccc(OC)cc1)C(F)(F)F. The van der Waals surface area contributed by atoms with Crippen LogP contribution in [0.1, 0.15) is 5.56 Å². The van der Waals surface area contributed by atoms with Crippen LogP contribution >= 0.6 is 0 Å². The Kier molecular flexibility index (Phi) is 4.60. The molecule has 4 rings (SSSR count). The van der Waals surface area contributed by atoms with Gasteiger partial charge in [0.05, 0.1) is 25.6 Å². The molecule has 7 nitrogen and oxygen atoms in total. The van der Waals surface area contributed by atoms with Gasteiger partial charge in [-0.05, 0) is 29.8 Å². The fourth-order valence-electron chi connectivity index (χ4n) is 4.03. The molecule has 162 valence electrons. The molecule has 1 unspecified atom stereocenters. The molecule has 0 saturated carbocycles. The molecule has 1 atom stereocenters. The Morgan fingerprint density at radius 3 is 2.19 bits per heavy atom. The van der Waals surface area contributed by atoms with Crippen LogP contribution in [0.4, 0.5) is 29.3 Å². The van der Waals surface area contributed by atoms with Crippen molar-refractivity contribution in [2.45, 2.75) is 11.7 Å². The van der Waals surface area contributed by atoms with Gasteiger partial charge in [0.2, 0.25) is 0 Å². The lowest BCUT2D eigenvalue weighted by Gasteiger charge is -2.44. The first kappa shape index (κ1) is 20.6. The average Bonchev–Trinajstić information content (AvgIpc) is 3.05. The summed E-state index contributed by atoms with van der Waals surface area (Å²) in [6.45, 7) is 0. The number of alkyl halides is 3. The van der Waals surface area contributed by atoms with Crippen molar-refractivity contribution in [2.75, 3.05) is 31.1 Å². The molecule has 0 fully saturated rings. The number of methoxy groups -OCH3 is 2. The second kappa shape index (κ2) is 6.93. The molecule has 2 aromatic carbocycles. The number of benzene rings is 2. The minimum Gasteiger partial charge on any atom is -0.497 e. The number of hydrogen-bond acceptors (Lipinski definition) is 5. The van der Waals surface area contributed by atoms with E-state index in [-0.39, 0.29) is 11.4 Å². The summed E-state index contributed by atoms with van der Waals surface area (Å²) in [5, 5.41) is 2.06. The standard InChI is InChI=1S/C21H18F3N3O4/c1-26-14-6-4-5-7-15(14)27-17(26)16(18(28)31-3)20(21(22,23)24,25-19(27)29)12-8-10-13(30-2)11-9-12/h4-11H,1-3H3,(H,25,29). The van der Waals surface area contributed by atoms with Crippen molar-refractivity contribution in [2.24, 2.45) is 0 Å². The lowest BCUT2D eigenvalue weighted by molar-refractivity contribution is -0.190. The third kappa shape index (κ3) is 2.74. The summed E-state index contributed by atoms with van der Waals surface area (Å²) in [5.74, 6) is -1.11. The number of carbonyl (C=O) groups is 2. The Labute approximate surface area is 175 Å². The zero-order valence-corrected chi connectivity index (χ0v) is 16.8. The van der Waals surface area contributed by atoms with Crippen LogP contribution in [0.15, 0.2) is 59.9 Å². The van der Waals surface area contributed by atoms with E-state index in [1.54, 1.807) is 24.3 Å². The monoisotopic (exact) mass is 433 g/mol. The molecular weight excluding hydrogens is 415 g/mol. The number of carbonyl (C=O) groups excluding carboxylic acids is 2. The van der Waals surface area contributed by atoms with E-state index in [1.165, 1.54) is 31.2 Å². The highest BCUT2D eigenvalue weighted by Crippen LogP contribution is 2.53. The molecule has 2 amide bonds. The van der Waals surface area contributed by atoms with Gasteiger partial charge in [-0.25, -0.2) is 14.5 Å². The Hall–Kier alpha value is -3.69. The molecule has 2 aliphatic rings. The molecule has 0 bridgehead atoms. The summed E-state index contributed by atoms with van der Waals surface area (Å²) in [5.41, 5.74) is -3.41. The molecule has 31 heavy (non-hydrogen) atoms. The number of amides is 2. The lowest BCUT2D eigenvalue weighted by Crippen LogP contribution is -2.65. The van der Waals surface area contributed by atoms with Crippen molar-refractivity contribution in [3.05, 3.63) is 65.5 Å². The molecule has 0 radical (unpaired) electrons. The minimum absolute atomic E-state index is 0.218. The van der Waals surface area contributed by atoms with E-state index in [4.69, 9.17) is 9.47 Å². The fraction of sp³-hybridized carbons (Fsp3) is 0.238. The van der Waals surface area contributed by atoms with Gasteiger partial charge in [0.25, 0.3) is 0 Å². The van der Waals surface area contributed by atoms with Crippen molar-refractivity contribution in [1.82, 2.24) is 5.32 Å². The normalized spacial score (nSPS) is 20.3. The predicted octanol–water partition coefficient (Wildman–Crippen LogP) is 3.52. The van der Waals surface area contributed by atoms with E-state index in [9.17, 15) is 22.8 Å². The predicted molar refractivity (Wildman–Crippen MR) is 106 cm³/mol. The van der Waals surface area contributed by atoms with Gasteiger partial charge >= 0.3 is 18.2 Å². The highest BCUT2D eigenvalue weighted by atomic mass is 19.4. The third-order valence-electron chi connectivity index (χ3n) is 5.45. The van der Waals surface area contributed by atoms with Crippen LogP contribution in [0.25, 0.3) is 0 Å². The summed E-state index contributed by atoms with van der Waals surface area (Å²) < 4.78 is 54.1. The number of para-hydroxylation sites is 2. The molecule has 2 aliphatic heterocycles. The van der Waals surface area contributed by atoms with Crippen LogP contribution < -0.4 is 19.9 Å². The number of urea groups is 1. The Morgan fingerprint density at radius 2 is 1.65 bits per heavy atom. The smallest absolute Gasteiger partial charge is 0.420 e. The van der Waals surface area contributed by atoms with Crippen molar-refractivity contribution in [3.63, 3.8) is 0 Å². The van der Waals surface area contributed by atoms with Crippen molar-refractivity contribution in [3.8, 4) is 5.75 Å². The molecule has 1 N–H and O–H groups in total. The zero-order chi connectivity index (χ0) is 22.6. The van der Waals surface area contributed by atoms with E-state index < -0.39 is 29.3 Å². The van der Waals surface area contributed by atoms with Gasteiger partial charge in [0.15, 0.2) is 5.54 Å². The maximum absolute atomic E-state index is 14.8. The van der Waals surface area contributed by atoms with Crippen LogP contribution in [0.3, 0.4) is 0 Å². The number of esters is 1. The number of nitrogens with zero attached hydrogens (tertiary/aromatic N) is 2. The quantitative estimate of drug-likeness (QED) is 0.751. The van der Waals surface area contributed by atoms with E-state index in [2.05, 4.69) is 5.32 Å². The van der Waals surface area contributed by atoms with E-state index in [0.29, 0.717) is 17.1 Å². The van der Waals surface area contributed by atoms with Crippen LogP contribution in [0.2, 0.25) is 0 Å². The second-order valence-electron chi connectivity index (χ2n) is 6.98. The van der Waals surface area contributed by atoms with Gasteiger partial charge in [-0.3, -0.25) is 0 Å². The number of anilines is 2. The summed E-state index contributed by atoms with van der Waals surface area (Å²) in [6, 6.07) is 10.5. The first-order valence-corrected chi connectivity index (χ1v) is 9.16. The average molecular weight is 433 g/mol. The Bertz CT molecular complexity index is 1100. The topological polar surface area (TPSA) is 71.1 Å². The highest BCUT2D eigenvalue weighted by Gasteiger charge is 2.66. The van der Waals surface area contributed by atoms with Gasteiger partial charge in [-0.1, -0.05) is 24.3 Å². The van der Waals surface area contributed by atoms with Crippen LogP contribution in [0.5, 0.6) is 5.75 Å². The van der Waals surface area contributed by atoms with Crippen LogP contribution in [-0.2, 0) is 15.1 Å². The highest BCUT2D eigenvalue weighted by molar-refractivity contribution is 6.10. The minimum atomic E-state index is -5.07. The number of fused-ring (bicyclic) bond motifs is 3. The molecule has 2 aromatic rings. The maximum Gasteiger partial charge on any atom is 0.420 e.